The Balaban J connectivity index is 2.51. The maximum Gasteiger partial charge on any atom is 0.416 e. The molecule has 0 aliphatic heterocycles. The average Bonchev–Trinajstić information content (AvgIpc) is 2.38. The Morgan fingerprint density at radius 2 is 1.72 bits per heavy atom. The molecule has 2 nitrogen and oxygen atoms in total. The Hall–Kier alpha value is -2.04. The molecular weight excluding hydrogens is 243 g/mol. The third-order valence-electron chi connectivity index (χ3n) is 2.52. The number of halogens is 3. The Kier molecular flexibility index (Phi) is 3.23. The predicted octanol–water partition coefficient (Wildman–Crippen LogP) is 3.78. The van der Waals surface area contributed by atoms with E-state index in [1.807, 2.05) is 0 Å². The molecule has 1 aromatic carbocycles. The van der Waals surface area contributed by atoms with Gasteiger partial charge in [-0.3, -0.25) is 4.98 Å². The number of hydrogen-bond acceptors (Lipinski definition) is 2. The second kappa shape index (κ2) is 4.68. The van der Waals surface area contributed by atoms with Crippen LogP contribution < -0.4 is 4.74 Å². The van der Waals surface area contributed by atoms with Gasteiger partial charge in [0.25, 0.3) is 0 Å². The molecule has 0 spiro atoms. The van der Waals surface area contributed by atoms with Crippen LogP contribution >= 0.6 is 0 Å². The summed E-state index contributed by atoms with van der Waals surface area (Å²) in [6, 6.07) is 6.86. The summed E-state index contributed by atoms with van der Waals surface area (Å²) in [5, 5.41) is 0. The van der Waals surface area contributed by atoms with Gasteiger partial charge in [-0.25, -0.2) is 0 Å². The van der Waals surface area contributed by atoms with Gasteiger partial charge in [0.05, 0.1) is 12.7 Å². The van der Waals surface area contributed by atoms with E-state index in [0.29, 0.717) is 5.56 Å². The maximum atomic E-state index is 12.6. The van der Waals surface area contributed by atoms with Gasteiger partial charge in [-0.2, -0.15) is 13.2 Å². The summed E-state index contributed by atoms with van der Waals surface area (Å²) in [6.45, 7) is 0. The molecule has 2 rings (SSSR count). The molecule has 0 bridgehead atoms. The van der Waals surface area contributed by atoms with Crippen molar-refractivity contribution >= 4 is 0 Å². The maximum absolute atomic E-state index is 12.6. The van der Waals surface area contributed by atoms with Gasteiger partial charge in [0, 0.05) is 18.0 Å². The van der Waals surface area contributed by atoms with Gasteiger partial charge in [-0.1, -0.05) is 6.07 Å². The van der Waals surface area contributed by atoms with Gasteiger partial charge in [0.1, 0.15) is 5.75 Å². The lowest BCUT2D eigenvalue weighted by atomic mass is 10.0. The topological polar surface area (TPSA) is 22.1 Å². The number of nitrogens with zero attached hydrogens (tertiary/aromatic N) is 1. The monoisotopic (exact) mass is 253 g/mol. The number of ether oxygens (including phenoxy) is 1. The van der Waals surface area contributed by atoms with Crippen LogP contribution in [0.2, 0.25) is 0 Å². The standard InChI is InChI=1S/C13H10F3NO/c1-18-12-8-10(13(14,15)16)2-3-11(12)9-4-6-17-7-5-9/h2-8H,1H3. The summed E-state index contributed by atoms with van der Waals surface area (Å²) >= 11 is 0. The lowest BCUT2D eigenvalue weighted by molar-refractivity contribution is -0.137. The van der Waals surface area contributed by atoms with Crippen molar-refractivity contribution in [2.75, 3.05) is 7.11 Å². The molecule has 1 heterocycles. The first-order chi connectivity index (χ1) is 8.52. The van der Waals surface area contributed by atoms with Crippen LogP contribution in [-0.2, 0) is 6.18 Å². The normalized spacial score (nSPS) is 11.3. The fraction of sp³-hybridized carbons (Fsp3) is 0.154. The molecular formula is C13H10F3NO. The zero-order valence-electron chi connectivity index (χ0n) is 9.53. The van der Waals surface area contributed by atoms with Crippen molar-refractivity contribution in [3.05, 3.63) is 48.3 Å². The van der Waals surface area contributed by atoms with Crippen LogP contribution in [0.25, 0.3) is 11.1 Å². The third-order valence-corrected chi connectivity index (χ3v) is 2.52. The lowest BCUT2D eigenvalue weighted by Gasteiger charge is -2.12. The lowest BCUT2D eigenvalue weighted by Crippen LogP contribution is -2.05. The quantitative estimate of drug-likeness (QED) is 0.812. The third kappa shape index (κ3) is 2.45. The molecule has 0 radical (unpaired) electrons. The molecule has 0 saturated carbocycles. The van der Waals surface area contributed by atoms with E-state index in [2.05, 4.69) is 4.98 Å². The minimum absolute atomic E-state index is 0.191. The summed E-state index contributed by atoms with van der Waals surface area (Å²) in [5.41, 5.74) is 0.639. The Morgan fingerprint density at radius 3 is 2.28 bits per heavy atom. The highest BCUT2D eigenvalue weighted by atomic mass is 19.4. The first-order valence-electron chi connectivity index (χ1n) is 5.18. The minimum Gasteiger partial charge on any atom is -0.496 e. The zero-order valence-corrected chi connectivity index (χ0v) is 9.53. The van der Waals surface area contributed by atoms with Crippen LogP contribution in [0, 0.1) is 0 Å². The highest BCUT2D eigenvalue weighted by Gasteiger charge is 2.31. The van der Waals surface area contributed by atoms with Crippen molar-refractivity contribution < 1.29 is 17.9 Å². The highest BCUT2D eigenvalue weighted by Crippen LogP contribution is 2.36. The van der Waals surface area contributed by atoms with Gasteiger partial charge in [-0.05, 0) is 29.8 Å². The molecule has 0 amide bonds. The first kappa shape index (κ1) is 12.4. The van der Waals surface area contributed by atoms with E-state index < -0.39 is 11.7 Å². The summed E-state index contributed by atoms with van der Waals surface area (Å²) in [4.78, 5) is 3.86. The van der Waals surface area contributed by atoms with E-state index in [-0.39, 0.29) is 5.75 Å². The summed E-state index contributed by atoms with van der Waals surface area (Å²) in [6.07, 6.45) is -1.22. The summed E-state index contributed by atoms with van der Waals surface area (Å²) in [5.74, 6) is 0.191. The van der Waals surface area contributed by atoms with Crippen LogP contribution in [0.4, 0.5) is 13.2 Å². The van der Waals surface area contributed by atoms with Crippen LogP contribution in [-0.4, -0.2) is 12.1 Å². The molecule has 0 unspecified atom stereocenters. The SMILES string of the molecule is COc1cc(C(F)(F)F)ccc1-c1ccncc1. The van der Waals surface area contributed by atoms with Crippen molar-refractivity contribution in [3.8, 4) is 16.9 Å². The molecule has 18 heavy (non-hydrogen) atoms. The van der Waals surface area contributed by atoms with Crippen molar-refractivity contribution in [2.24, 2.45) is 0 Å². The Labute approximate surface area is 102 Å². The van der Waals surface area contributed by atoms with Gasteiger partial charge in [-0.15, -0.1) is 0 Å². The molecule has 0 fully saturated rings. The largest absolute Gasteiger partial charge is 0.496 e. The van der Waals surface area contributed by atoms with Crippen LogP contribution in [0.3, 0.4) is 0 Å². The van der Waals surface area contributed by atoms with E-state index in [1.165, 1.54) is 13.2 Å². The van der Waals surface area contributed by atoms with E-state index in [1.54, 1.807) is 24.5 Å². The van der Waals surface area contributed by atoms with Crippen molar-refractivity contribution in [1.29, 1.82) is 0 Å². The van der Waals surface area contributed by atoms with Crippen LogP contribution in [0.5, 0.6) is 5.75 Å². The smallest absolute Gasteiger partial charge is 0.416 e. The first-order valence-corrected chi connectivity index (χ1v) is 5.18. The van der Waals surface area contributed by atoms with Gasteiger partial charge < -0.3 is 4.74 Å². The number of benzene rings is 1. The molecule has 0 aliphatic carbocycles. The number of hydrogen-bond donors (Lipinski definition) is 0. The van der Waals surface area contributed by atoms with Crippen LogP contribution in [0.1, 0.15) is 5.56 Å². The van der Waals surface area contributed by atoms with Crippen LogP contribution in [0.15, 0.2) is 42.7 Å². The number of rotatable bonds is 2. The van der Waals surface area contributed by atoms with Crippen molar-refractivity contribution in [1.82, 2.24) is 4.98 Å². The summed E-state index contributed by atoms with van der Waals surface area (Å²) in [7, 11) is 1.35. The van der Waals surface area contributed by atoms with Crippen molar-refractivity contribution in [2.45, 2.75) is 6.18 Å². The van der Waals surface area contributed by atoms with E-state index in [9.17, 15) is 13.2 Å². The predicted molar refractivity (Wildman–Crippen MR) is 61.2 cm³/mol. The molecule has 94 valence electrons. The summed E-state index contributed by atoms with van der Waals surface area (Å²) < 4.78 is 42.7. The van der Waals surface area contributed by atoms with E-state index in [0.717, 1.165) is 17.7 Å². The Bertz CT molecular complexity index is 538. The van der Waals surface area contributed by atoms with E-state index >= 15 is 0 Å². The number of alkyl halides is 3. The average molecular weight is 253 g/mol. The molecule has 0 aliphatic rings. The molecule has 2 aromatic rings. The fourth-order valence-electron chi connectivity index (χ4n) is 1.64. The number of aromatic nitrogens is 1. The molecule has 0 atom stereocenters. The number of methoxy groups -OCH3 is 1. The molecule has 5 heteroatoms. The zero-order chi connectivity index (χ0) is 13.2. The highest BCUT2D eigenvalue weighted by molar-refractivity contribution is 5.70. The van der Waals surface area contributed by atoms with Crippen molar-refractivity contribution in [3.63, 3.8) is 0 Å². The second-order valence-corrected chi connectivity index (χ2v) is 3.65. The van der Waals surface area contributed by atoms with E-state index in [4.69, 9.17) is 4.74 Å². The Morgan fingerprint density at radius 1 is 1.06 bits per heavy atom. The number of pyridine rings is 1. The molecule has 1 aromatic heterocycles. The minimum atomic E-state index is -4.37. The molecule has 0 saturated heterocycles. The van der Waals surface area contributed by atoms with Gasteiger partial charge >= 0.3 is 6.18 Å². The fourth-order valence-corrected chi connectivity index (χ4v) is 1.64. The van der Waals surface area contributed by atoms with Gasteiger partial charge in [0.15, 0.2) is 0 Å². The molecule has 0 N–H and O–H groups in total. The second-order valence-electron chi connectivity index (χ2n) is 3.65. The van der Waals surface area contributed by atoms with Gasteiger partial charge in [0.2, 0.25) is 0 Å².